The van der Waals surface area contributed by atoms with Crippen molar-refractivity contribution in [2.45, 2.75) is 25.3 Å². The van der Waals surface area contributed by atoms with Crippen LogP contribution in [0.5, 0.6) is 5.75 Å². The predicted octanol–water partition coefficient (Wildman–Crippen LogP) is 4.68. The van der Waals surface area contributed by atoms with Crippen molar-refractivity contribution in [2.75, 3.05) is 13.7 Å². The number of likely N-dealkylation sites (N-methyl/N-ethyl adjacent to an activating group) is 1. The van der Waals surface area contributed by atoms with Gasteiger partial charge in [0.2, 0.25) is 5.91 Å². The van der Waals surface area contributed by atoms with Crippen LogP contribution in [0.4, 0.5) is 0 Å². The van der Waals surface area contributed by atoms with Crippen molar-refractivity contribution in [1.82, 2.24) is 10.2 Å². The fourth-order valence-electron chi connectivity index (χ4n) is 4.08. The van der Waals surface area contributed by atoms with Gasteiger partial charge in [-0.15, -0.1) is 11.3 Å². The molecular weight excluding hydrogens is 420 g/mol. The number of rotatable bonds is 5. The van der Waals surface area contributed by atoms with Gasteiger partial charge >= 0.3 is 0 Å². The topological polar surface area (TPSA) is 89.2 Å². The number of ether oxygens (including phenoxy) is 1. The van der Waals surface area contributed by atoms with E-state index in [9.17, 15) is 10.1 Å². The second-order valence-corrected chi connectivity index (χ2v) is 8.81. The molecule has 4 rings (SSSR count). The Morgan fingerprint density at radius 1 is 1.22 bits per heavy atom. The van der Waals surface area contributed by atoms with E-state index in [-0.39, 0.29) is 11.9 Å². The van der Waals surface area contributed by atoms with Gasteiger partial charge in [0.15, 0.2) is 5.96 Å². The molecule has 0 spiro atoms. The van der Waals surface area contributed by atoms with Crippen LogP contribution in [-0.2, 0) is 10.3 Å². The minimum Gasteiger partial charge on any atom is -0.494 e. The van der Waals surface area contributed by atoms with Crippen LogP contribution in [0.3, 0.4) is 0 Å². The van der Waals surface area contributed by atoms with E-state index in [1.54, 1.807) is 24.5 Å². The van der Waals surface area contributed by atoms with Crippen LogP contribution < -0.4 is 10.1 Å². The monoisotopic (exact) mass is 444 g/mol. The lowest BCUT2D eigenvalue weighted by Crippen LogP contribution is -2.62. The number of carbonyl (C=O) groups excluding carboxylic acids is 1. The molecule has 2 N–H and O–H groups in total. The Hall–Kier alpha value is -3.63. The summed E-state index contributed by atoms with van der Waals surface area (Å²) in [4.78, 5) is 15.7. The molecule has 2 heterocycles. The molecule has 0 saturated carbocycles. The van der Waals surface area contributed by atoms with Crippen molar-refractivity contribution in [3.8, 4) is 22.9 Å². The van der Waals surface area contributed by atoms with Crippen molar-refractivity contribution in [1.29, 1.82) is 10.7 Å². The van der Waals surface area contributed by atoms with E-state index in [4.69, 9.17) is 10.1 Å². The first-order valence-corrected chi connectivity index (χ1v) is 11.2. The van der Waals surface area contributed by atoms with E-state index in [0.29, 0.717) is 12.2 Å². The van der Waals surface area contributed by atoms with Crippen molar-refractivity contribution >= 4 is 23.2 Å². The van der Waals surface area contributed by atoms with Gasteiger partial charge in [-0.3, -0.25) is 15.1 Å². The van der Waals surface area contributed by atoms with Crippen LogP contribution in [0.2, 0.25) is 0 Å². The van der Waals surface area contributed by atoms with Gasteiger partial charge in [0.1, 0.15) is 5.75 Å². The smallest absolute Gasteiger partial charge is 0.239 e. The number of nitrogens with one attached hydrogen (secondary N) is 2. The highest BCUT2D eigenvalue weighted by Gasteiger charge is 2.49. The molecule has 32 heavy (non-hydrogen) atoms. The third-order valence-corrected chi connectivity index (χ3v) is 7.00. The van der Waals surface area contributed by atoms with Gasteiger partial charge in [0, 0.05) is 11.9 Å². The van der Waals surface area contributed by atoms with Crippen molar-refractivity contribution in [3.05, 3.63) is 76.0 Å². The van der Waals surface area contributed by atoms with Crippen molar-refractivity contribution < 1.29 is 9.53 Å². The van der Waals surface area contributed by atoms with Crippen LogP contribution in [0.1, 0.15) is 35.8 Å². The number of benzene rings is 2. The lowest BCUT2D eigenvalue weighted by Gasteiger charge is -2.45. The van der Waals surface area contributed by atoms with Gasteiger partial charge in [-0.2, -0.15) is 5.26 Å². The van der Waals surface area contributed by atoms with E-state index in [1.807, 2.05) is 67.8 Å². The highest BCUT2D eigenvalue weighted by Crippen LogP contribution is 2.44. The average Bonchev–Trinajstić information content (AvgIpc) is 3.30. The number of carbonyl (C=O) groups is 1. The molecule has 2 aromatic carbocycles. The predicted molar refractivity (Wildman–Crippen MR) is 126 cm³/mol. The Balaban J connectivity index is 1.77. The molecular formula is C25H24N4O2S. The molecule has 0 aliphatic carbocycles. The van der Waals surface area contributed by atoms with Crippen LogP contribution in [-0.4, -0.2) is 30.4 Å². The Kier molecular flexibility index (Phi) is 5.72. The molecule has 1 aliphatic rings. The Morgan fingerprint density at radius 2 is 1.97 bits per heavy atom. The number of thiophene rings is 1. The zero-order valence-corrected chi connectivity index (χ0v) is 19.0. The molecule has 1 aromatic heterocycles. The number of nitrogens with zero attached hydrogens (tertiary/aromatic N) is 2. The molecule has 1 fully saturated rings. The minimum atomic E-state index is -0.802. The van der Waals surface area contributed by atoms with E-state index in [0.717, 1.165) is 27.3 Å². The maximum Gasteiger partial charge on any atom is 0.239 e. The molecule has 0 bridgehead atoms. The van der Waals surface area contributed by atoms with Crippen LogP contribution in [0, 0.1) is 16.7 Å². The Morgan fingerprint density at radius 3 is 2.66 bits per heavy atom. The largest absolute Gasteiger partial charge is 0.494 e. The molecule has 0 unspecified atom stereocenters. The summed E-state index contributed by atoms with van der Waals surface area (Å²) in [5, 5.41) is 22.9. The van der Waals surface area contributed by atoms with Crippen LogP contribution >= 0.6 is 11.3 Å². The second kappa shape index (κ2) is 8.48. The van der Waals surface area contributed by atoms with E-state index in [2.05, 4.69) is 11.4 Å². The molecule has 1 saturated heterocycles. The SMILES string of the molecule is CCOc1ccc([C@@H]2C(=O)N(C)C(=N)N[C@]2(C)c2cc(-c3cccc(C#N)c3)cs2)cc1. The standard InChI is InChI=1S/C25H24N4O2S/c1-4-31-20-10-8-17(9-11-20)22-23(30)29(3)24(27)28-25(22,2)21-13-19(15-32-21)18-7-5-6-16(12-18)14-26/h5-13,15,22H,4H2,1-3H3,(H2,27,28)/t22-,25-/m1/s1. The summed E-state index contributed by atoms with van der Waals surface area (Å²) in [7, 11) is 1.62. The summed E-state index contributed by atoms with van der Waals surface area (Å²) in [5.41, 5.74) is 2.58. The van der Waals surface area contributed by atoms with Crippen molar-refractivity contribution in [3.63, 3.8) is 0 Å². The van der Waals surface area contributed by atoms with Crippen LogP contribution in [0.25, 0.3) is 11.1 Å². The van der Waals surface area contributed by atoms with E-state index in [1.165, 1.54) is 4.90 Å². The normalized spacial score (nSPS) is 20.6. The molecule has 1 amide bonds. The Bertz CT molecular complexity index is 1210. The number of nitriles is 1. The van der Waals surface area contributed by atoms with Gasteiger partial charge in [-0.05, 0) is 66.2 Å². The van der Waals surface area contributed by atoms with Crippen molar-refractivity contribution in [2.24, 2.45) is 0 Å². The van der Waals surface area contributed by atoms with Gasteiger partial charge in [0.25, 0.3) is 0 Å². The molecule has 7 heteroatoms. The molecule has 0 radical (unpaired) electrons. The molecule has 1 aliphatic heterocycles. The zero-order chi connectivity index (χ0) is 22.9. The van der Waals surface area contributed by atoms with Gasteiger partial charge in [-0.1, -0.05) is 24.3 Å². The summed E-state index contributed by atoms with van der Waals surface area (Å²) in [6.45, 7) is 4.47. The summed E-state index contributed by atoms with van der Waals surface area (Å²) < 4.78 is 5.56. The molecule has 162 valence electrons. The first kappa shape index (κ1) is 21.6. The highest BCUT2D eigenvalue weighted by molar-refractivity contribution is 7.10. The maximum absolute atomic E-state index is 13.4. The van der Waals surface area contributed by atoms with E-state index < -0.39 is 11.5 Å². The number of amides is 1. The van der Waals surface area contributed by atoms with E-state index >= 15 is 0 Å². The summed E-state index contributed by atoms with van der Waals surface area (Å²) in [6.07, 6.45) is 0. The average molecular weight is 445 g/mol. The number of hydrogen-bond donors (Lipinski definition) is 2. The third kappa shape index (κ3) is 3.74. The number of guanidine groups is 1. The lowest BCUT2D eigenvalue weighted by atomic mass is 9.76. The van der Waals surface area contributed by atoms with Gasteiger partial charge in [-0.25, -0.2) is 0 Å². The van der Waals surface area contributed by atoms with Crippen LogP contribution in [0.15, 0.2) is 60.0 Å². The molecule has 3 aromatic rings. The first-order chi connectivity index (χ1) is 15.4. The maximum atomic E-state index is 13.4. The summed E-state index contributed by atoms with van der Waals surface area (Å²) >= 11 is 1.54. The Labute approximate surface area is 191 Å². The first-order valence-electron chi connectivity index (χ1n) is 10.3. The quantitative estimate of drug-likeness (QED) is 0.598. The summed E-state index contributed by atoms with van der Waals surface area (Å²) in [5.74, 6) is 0.170. The molecule has 2 atom stereocenters. The fraction of sp³-hybridized carbons (Fsp3) is 0.240. The zero-order valence-electron chi connectivity index (χ0n) is 18.2. The fourth-order valence-corrected chi connectivity index (χ4v) is 5.15. The third-order valence-electron chi connectivity index (χ3n) is 5.83. The number of hydrogen-bond acceptors (Lipinski definition) is 5. The second-order valence-electron chi connectivity index (χ2n) is 7.90. The van der Waals surface area contributed by atoms with Gasteiger partial charge < -0.3 is 10.1 Å². The summed E-state index contributed by atoms with van der Waals surface area (Å²) in [6, 6.07) is 19.3. The van der Waals surface area contributed by atoms with Gasteiger partial charge in [0.05, 0.1) is 29.7 Å². The lowest BCUT2D eigenvalue weighted by molar-refractivity contribution is -0.131. The highest BCUT2D eigenvalue weighted by atomic mass is 32.1. The molecule has 6 nitrogen and oxygen atoms in total. The minimum absolute atomic E-state index is 0.0705.